The molecule has 0 fully saturated rings. The molecule has 0 aliphatic rings. The lowest BCUT2D eigenvalue weighted by atomic mass is 10.1. The van der Waals surface area contributed by atoms with Gasteiger partial charge in [-0.1, -0.05) is 0 Å². The van der Waals surface area contributed by atoms with Crippen LogP contribution in [0.4, 0.5) is 5.69 Å². The third kappa shape index (κ3) is 5.32. The van der Waals surface area contributed by atoms with Gasteiger partial charge in [0, 0.05) is 12.7 Å². The number of nitrogens with zero attached hydrogens (tertiary/aromatic N) is 1. The number of anilines is 1. The molecule has 1 amide bonds. The summed E-state index contributed by atoms with van der Waals surface area (Å²) in [6.45, 7) is -0.422. The Morgan fingerprint density at radius 2 is 1.50 bits per heavy atom. The Balaban J connectivity index is 3.07. The van der Waals surface area contributed by atoms with Crippen molar-refractivity contribution in [3.05, 3.63) is 29.3 Å². The molecular formula is C14H18N2O7S. The van der Waals surface area contributed by atoms with Crippen molar-refractivity contribution in [3.8, 4) is 0 Å². The first-order chi connectivity index (χ1) is 11.1. The molecule has 10 heteroatoms. The van der Waals surface area contributed by atoms with Gasteiger partial charge < -0.3 is 14.8 Å². The van der Waals surface area contributed by atoms with Crippen LogP contribution in [-0.4, -0.2) is 64.6 Å². The van der Waals surface area contributed by atoms with Gasteiger partial charge in [-0.2, -0.15) is 4.31 Å². The summed E-state index contributed by atoms with van der Waals surface area (Å²) in [6.07, 6.45) is 0.966. The molecular weight excluding hydrogens is 340 g/mol. The molecule has 0 aliphatic carbocycles. The maximum atomic E-state index is 11.9. The SMILES string of the molecule is COC(=O)c1cc(NC(=O)CN(C)S(C)(=O)=O)cc(C(=O)OC)c1. The molecule has 1 aromatic carbocycles. The van der Waals surface area contributed by atoms with Crippen molar-refractivity contribution in [1.82, 2.24) is 4.31 Å². The molecule has 0 aliphatic heterocycles. The zero-order chi connectivity index (χ0) is 18.5. The predicted molar refractivity (Wildman–Crippen MR) is 85.2 cm³/mol. The monoisotopic (exact) mass is 358 g/mol. The highest BCUT2D eigenvalue weighted by Crippen LogP contribution is 2.17. The van der Waals surface area contributed by atoms with Gasteiger partial charge in [-0.15, -0.1) is 0 Å². The summed E-state index contributed by atoms with van der Waals surface area (Å²) in [4.78, 5) is 35.2. The van der Waals surface area contributed by atoms with Gasteiger partial charge in [0.15, 0.2) is 0 Å². The summed E-state index contributed by atoms with van der Waals surface area (Å²) < 4.78 is 32.6. The van der Waals surface area contributed by atoms with Crippen molar-refractivity contribution in [2.24, 2.45) is 0 Å². The number of likely N-dealkylation sites (N-methyl/N-ethyl adjacent to an activating group) is 1. The van der Waals surface area contributed by atoms with Crippen LogP contribution in [0.2, 0.25) is 0 Å². The number of ether oxygens (including phenoxy) is 2. The van der Waals surface area contributed by atoms with Crippen molar-refractivity contribution in [3.63, 3.8) is 0 Å². The van der Waals surface area contributed by atoms with Gasteiger partial charge in [0.2, 0.25) is 15.9 Å². The molecule has 0 aromatic heterocycles. The number of hydrogen-bond acceptors (Lipinski definition) is 7. The van der Waals surface area contributed by atoms with E-state index in [9.17, 15) is 22.8 Å². The molecule has 0 radical (unpaired) electrons. The van der Waals surface area contributed by atoms with Crippen LogP contribution in [-0.2, 0) is 24.3 Å². The van der Waals surface area contributed by atoms with E-state index < -0.39 is 34.4 Å². The Kier molecular flexibility index (Phi) is 6.43. The number of carbonyl (C=O) groups is 3. The lowest BCUT2D eigenvalue weighted by Crippen LogP contribution is -2.34. The molecule has 0 saturated heterocycles. The predicted octanol–water partition coefficient (Wildman–Crippen LogP) is 0.0897. The second-order valence-electron chi connectivity index (χ2n) is 4.85. The number of rotatable bonds is 6. The van der Waals surface area contributed by atoms with E-state index in [4.69, 9.17) is 0 Å². The third-order valence-electron chi connectivity index (χ3n) is 2.99. The van der Waals surface area contributed by atoms with Crippen LogP contribution in [0.3, 0.4) is 0 Å². The highest BCUT2D eigenvalue weighted by atomic mass is 32.2. The molecule has 0 heterocycles. The Bertz CT molecular complexity index is 724. The van der Waals surface area contributed by atoms with Gasteiger partial charge in [0.1, 0.15) is 0 Å². The summed E-state index contributed by atoms with van der Waals surface area (Å²) >= 11 is 0. The van der Waals surface area contributed by atoms with E-state index in [0.29, 0.717) is 0 Å². The highest BCUT2D eigenvalue weighted by molar-refractivity contribution is 7.88. The van der Waals surface area contributed by atoms with Crippen LogP contribution in [0, 0.1) is 0 Å². The number of benzene rings is 1. The molecule has 0 unspecified atom stereocenters. The minimum Gasteiger partial charge on any atom is -0.465 e. The zero-order valence-corrected chi connectivity index (χ0v) is 14.5. The average molecular weight is 358 g/mol. The van der Waals surface area contributed by atoms with Crippen molar-refractivity contribution < 1.29 is 32.3 Å². The minimum absolute atomic E-state index is 0.0344. The standard InChI is InChI=1S/C14H18N2O7S/c1-16(24(4,20)21)8-12(17)15-11-6-9(13(18)22-2)5-10(7-11)14(19)23-3/h5-7H,8H2,1-4H3,(H,15,17). The van der Waals surface area contributed by atoms with Crippen LogP contribution in [0.5, 0.6) is 0 Å². The van der Waals surface area contributed by atoms with Gasteiger partial charge >= 0.3 is 11.9 Å². The summed E-state index contributed by atoms with van der Waals surface area (Å²) in [5, 5.41) is 2.42. The largest absolute Gasteiger partial charge is 0.465 e. The number of sulfonamides is 1. The summed E-state index contributed by atoms with van der Waals surface area (Å²) in [6, 6.07) is 3.86. The number of methoxy groups -OCH3 is 2. The van der Waals surface area contributed by atoms with Crippen LogP contribution in [0.1, 0.15) is 20.7 Å². The molecule has 0 saturated carbocycles. The Morgan fingerprint density at radius 3 is 1.88 bits per heavy atom. The van der Waals surface area contributed by atoms with E-state index in [1.54, 1.807) is 0 Å². The zero-order valence-electron chi connectivity index (χ0n) is 13.7. The summed E-state index contributed by atoms with van der Waals surface area (Å²) in [5.74, 6) is -2.05. The fourth-order valence-corrected chi connectivity index (χ4v) is 2.04. The lowest BCUT2D eigenvalue weighted by Gasteiger charge is -2.14. The van der Waals surface area contributed by atoms with E-state index in [2.05, 4.69) is 14.8 Å². The van der Waals surface area contributed by atoms with E-state index in [0.717, 1.165) is 10.6 Å². The molecule has 0 atom stereocenters. The van der Waals surface area contributed by atoms with E-state index in [1.165, 1.54) is 39.5 Å². The molecule has 132 valence electrons. The first-order valence-corrected chi connectivity index (χ1v) is 8.46. The molecule has 9 nitrogen and oxygen atoms in total. The van der Waals surface area contributed by atoms with E-state index in [-0.39, 0.29) is 16.8 Å². The molecule has 1 aromatic rings. The van der Waals surface area contributed by atoms with Crippen molar-refractivity contribution in [1.29, 1.82) is 0 Å². The van der Waals surface area contributed by atoms with Crippen LogP contribution in [0.25, 0.3) is 0 Å². The van der Waals surface area contributed by atoms with Crippen molar-refractivity contribution in [2.45, 2.75) is 0 Å². The Morgan fingerprint density at radius 1 is 1.04 bits per heavy atom. The topological polar surface area (TPSA) is 119 Å². The number of nitrogens with one attached hydrogen (secondary N) is 1. The van der Waals surface area contributed by atoms with Gasteiger partial charge in [-0.25, -0.2) is 18.0 Å². The van der Waals surface area contributed by atoms with Gasteiger partial charge in [-0.05, 0) is 18.2 Å². The molecule has 0 bridgehead atoms. The van der Waals surface area contributed by atoms with Gasteiger partial charge in [0.25, 0.3) is 0 Å². The Labute approximate surface area is 139 Å². The minimum atomic E-state index is -3.52. The number of hydrogen-bond donors (Lipinski definition) is 1. The van der Waals surface area contributed by atoms with Crippen molar-refractivity contribution in [2.75, 3.05) is 39.4 Å². The van der Waals surface area contributed by atoms with Gasteiger partial charge in [0.05, 0.1) is 38.1 Å². The summed E-state index contributed by atoms with van der Waals surface area (Å²) in [7, 11) is 0.0788. The highest BCUT2D eigenvalue weighted by Gasteiger charge is 2.18. The molecule has 0 spiro atoms. The Hall–Kier alpha value is -2.46. The number of carbonyl (C=O) groups excluding carboxylic acids is 3. The second-order valence-corrected chi connectivity index (χ2v) is 6.94. The fraction of sp³-hybridized carbons (Fsp3) is 0.357. The number of esters is 2. The fourth-order valence-electron chi connectivity index (χ4n) is 1.69. The smallest absolute Gasteiger partial charge is 0.337 e. The maximum absolute atomic E-state index is 11.9. The van der Waals surface area contributed by atoms with Crippen LogP contribution in [0.15, 0.2) is 18.2 Å². The lowest BCUT2D eigenvalue weighted by molar-refractivity contribution is -0.116. The molecule has 1 rings (SSSR count). The first-order valence-electron chi connectivity index (χ1n) is 6.61. The number of amides is 1. The molecule has 24 heavy (non-hydrogen) atoms. The third-order valence-corrected chi connectivity index (χ3v) is 4.25. The normalized spacial score (nSPS) is 11.0. The second kappa shape index (κ2) is 7.88. The van der Waals surface area contributed by atoms with Gasteiger partial charge in [-0.3, -0.25) is 4.79 Å². The van der Waals surface area contributed by atoms with Crippen LogP contribution < -0.4 is 5.32 Å². The molecule has 1 N–H and O–H groups in total. The van der Waals surface area contributed by atoms with E-state index in [1.807, 2.05) is 0 Å². The maximum Gasteiger partial charge on any atom is 0.337 e. The van der Waals surface area contributed by atoms with E-state index >= 15 is 0 Å². The average Bonchev–Trinajstić information content (AvgIpc) is 2.51. The van der Waals surface area contributed by atoms with Crippen molar-refractivity contribution >= 4 is 33.6 Å². The quantitative estimate of drug-likeness (QED) is 0.716. The first kappa shape index (κ1) is 19.6. The van der Waals surface area contributed by atoms with Crippen LogP contribution >= 0.6 is 0 Å². The summed E-state index contributed by atoms with van der Waals surface area (Å²) in [5.41, 5.74) is 0.199.